The molecule has 0 aliphatic carbocycles. The van der Waals surface area contributed by atoms with Crippen LogP contribution in [0.2, 0.25) is 0 Å². The molecule has 1 saturated heterocycles. The third-order valence-corrected chi connectivity index (χ3v) is 4.04. The van der Waals surface area contributed by atoms with Crippen molar-refractivity contribution in [3.05, 3.63) is 42.0 Å². The second kappa shape index (κ2) is 6.34. The van der Waals surface area contributed by atoms with Crippen molar-refractivity contribution in [3.63, 3.8) is 0 Å². The standard InChI is InChI=1S/C17H20N2O3/c1-21-15-5-4-12-8-14(3-2-13(12)9-15)16-11-19(6-7-22-16)17(20)10-18/h2-5,8-9,16H,6-7,10-11,18H2,1H3/t16-/m1/s1. The van der Waals surface area contributed by atoms with E-state index in [2.05, 4.69) is 12.1 Å². The molecular weight excluding hydrogens is 280 g/mol. The Balaban J connectivity index is 1.85. The van der Waals surface area contributed by atoms with Gasteiger partial charge in [-0.3, -0.25) is 4.79 Å². The van der Waals surface area contributed by atoms with Crippen molar-refractivity contribution < 1.29 is 14.3 Å². The molecule has 1 aliphatic heterocycles. The molecule has 1 aliphatic rings. The van der Waals surface area contributed by atoms with Crippen molar-refractivity contribution in [1.29, 1.82) is 0 Å². The van der Waals surface area contributed by atoms with Crippen LogP contribution in [0.15, 0.2) is 36.4 Å². The zero-order valence-electron chi connectivity index (χ0n) is 12.6. The van der Waals surface area contributed by atoms with Crippen LogP contribution in [0.4, 0.5) is 0 Å². The molecule has 2 N–H and O–H groups in total. The molecule has 0 aromatic heterocycles. The molecule has 0 unspecified atom stereocenters. The maximum Gasteiger partial charge on any atom is 0.236 e. The summed E-state index contributed by atoms with van der Waals surface area (Å²) >= 11 is 0. The zero-order valence-corrected chi connectivity index (χ0v) is 12.6. The van der Waals surface area contributed by atoms with Crippen molar-refractivity contribution in [2.75, 3.05) is 33.4 Å². The van der Waals surface area contributed by atoms with Gasteiger partial charge in [-0.1, -0.05) is 18.2 Å². The normalized spacial score (nSPS) is 18.5. The van der Waals surface area contributed by atoms with E-state index in [4.69, 9.17) is 15.2 Å². The predicted molar refractivity (Wildman–Crippen MR) is 84.8 cm³/mol. The quantitative estimate of drug-likeness (QED) is 0.937. The third kappa shape index (κ3) is 2.91. The van der Waals surface area contributed by atoms with Crippen LogP contribution in [0.5, 0.6) is 5.75 Å². The molecule has 1 amide bonds. The Bertz CT molecular complexity index is 687. The number of morpholine rings is 1. The molecule has 2 aromatic rings. The van der Waals surface area contributed by atoms with Crippen LogP contribution in [0.3, 0.4) is 0 Å². The number of nitrogens with zero attached hydrogens (tertiary/aromatic N) is 1. The fourth-order valence-electron chi connectivity index (χ4n) is 2.78. The van der Waals surface area contributed by atoms with Crippen LogP contribution in [0.1, 0.15) is 11.7 Å². The average molecular weight is 300 g/mol. The van der Waals surface area contributed by atoms with Crippen molar-refractivity contribution in [3.8, 4) is 5.75 Å². The van der Waals surface area contributed by atoms with E-state index in [1.165, 1.54) is 0 Å². The van der Waals surface area contributed by atoms with E-state index < -0.39 is 0 Å². The average Bonchev–Trinajstić information content (AvgIpc) is 2.60. The second-order valence-corrected chi connectivity index (χ2v) is 5.38. The van der Waals surface area contributed by atoms with Crippen LogP contribution in [-0.2, 0) is 9.53 Å². The zero-order chi connectivity index (χ0) is 15.5. The van der Waals surface area contributed by atoms with E-state index >= 15 is 0 Å². The van der Waals surface area contributed by atoms with Gasteiger partial charge in [0.2, 0.25) is 5.91 Å². The fourth-order valence-corrected chi connectivity index (χ4v) is 2.78. The Morgan fingerprint density at radius 1 is 1.32 bits per heavy atom. The summed E-state index contributed by atoms with van der Waals surface area (Å²) in [6.07, 6.45) is -0.101. The number of carbonyl (C=O) groups excluding carboxylic acids is 1. The molecule has 1 fully saturated rings. The second-order valence-electron chi connectivity index (χ2n) is 5.38. The summed E-state index contributed by atoms with van der Waals surface area (Å²) in [5.41, 5.74) is 6.52. The first-order valence-electron chi connectivity index (χ1n) is 7.38. The molecule has 2 aromatic carbocycles. The summed E-state index contributed by atoms with van der Waals surface area (Å²) < 4.78 is 11.1. The summed E-state index contributed by atoms with van der Waals surface area (Å²) in [7, 11) is 1.66. The molecule has 0 radical (unpaired) electrons. The molecule has 3 rings (SSSR count). The first-order chi connectivity index (χ1) is 10.7. The van der Waals surface area contributed by atoms with Crippen molar-refractivity contribution in [1.82, 2.24) is 4.90 Å². The molecule has 0 bridgehead atoms. The van der Waals surface area contributed by atoms with Gasteiger partial charge in [0.05, 0.1) is 26.8 Å². The van der Waals surface area contributed by atoms with Crippen LogP contribution < -0.4 is 10.5 Å². The highest BCUT2D eigenvalue weighted by Crippen LogP contribution is 2.27. The van der Waals surface area contributed by atoms with E-state index in [1.807, 2.05) is 24.3 Å². The number of fused-ring (bicyclic) bond motifs is 1. The summed E-state index contributed by atoms with van der Waals surface area (Å²) in [6.45, 7) is 1.75. The maximum absolute atomic E-state index is 11.8. The van der Waals surface area contributed by atoms with Gasteiger partial charge in [-0.25, -0.2) is 0 Å². The van der Waals surface area contributed by atoms with Crippen LogP contribution in [-0.4, -0.2) is 44.2 Å². The SMILES string of the molecule is COc1ccc2cc([C@H]3CN(C(=O)CN)CCO3)ccc2c1. The van der Waals surface area contributed by atoms with Gasteiger partial charge in [-0.2, -0.15) is 0 Å². The summed E-state index contributed by atoms with van der Waals surface area (Å²) in [6, 6.07) is 12.2. The van der Waals surface area contributed by atoms with Gasteiger partial charge in [0, 0.05) is 6.54 Å². The van der Waals surface area contributed by atoms with E-state index in [0.717, 1.165) is 22.1 Å². The molecule has 1 heterocycles. The van der Waals surface area contributed by atoms with E-state index in [1.54, 1.807) is 12.0 Å². The molecular formula is C17H20N2O3. The van der Waals surface area contributed by atoms with E-state index in [-0.39, 0.29) is 18.6 Å². The smallest absolute Gasteiger partial charge is 0.236 e. The highest BCUT2D eigenvalue weighted by Gasteiger charge is 2.24. The van der Waals surface area contributed by atoms with Gasteiger partial charge in [-0.15, -0.1) is 0 Å². The molecule has 5 heteroatoms. The Labute approximate surface area is 129 Å². The number of ether oxygens (including phenoxy) is 2. The number of rotatable bonds is 3. The predicted octanol–water partition coefficient (Wildman–Crippen LogP) is 1.71. The number of nitrogens with two attached hydrogens (primary N) is 1. The first kappa shape index (κ1) is 14.8. The Morgan fingerprint density at radius 3 is 2.86 bits per heavy atom. The lowest BCUT2D eigenvalue weighted by molar-refractivity contribution is -0.137. The van der Waals surface area contributed by atoms with Crippen LogP contribution in [0.25, 0.3) is 10.8 Å². The summed E-state index contributed by atoms with van der Waals surface area (Å²) in [4.78, 5) is 13.5. The minimum Gasteiger partial charge on any atom is -0.497 e. The number of amides is 1. The third-order valence-electron chi connectivity index (χ3n) is 4.04. The molecule has 0 spiro atoms. The van der Waals surface area contributed by atoms with Crippen molar-refractivity contribution >= 4 is 16.7 Å². The first-order valence-corrected chi connectivity index (χ1v) is 7.38. The Hall–Kier alpha value is -2.11. The summed E-state index contributed by atoms with van der Waals surface area (Å²) in [5.74, 6) is 0.813. The van der Waals surface area contributed by atoms with Gasteiger partial charge in [-0.05, 0) is 34.5 Å². The lowest BCUT2D eigenvalue weighted by atomic mass is 10.0. The Kier molecular flexibility index (Phi) is 4.27. The molecule has 22 heavy (non-hydrogen) atoms. The number of hydrogen-bond donors (Lipinski definition) is 1. The molecule has 5 nitrogen and oxygen atoms in total. The van der Waals surface area contributed by atoms with Gasteiger partial charge < -0.3 is 20.1 Å². The molecule has 0 saturated carbocycles. The number of benzene rings is 2. The van der Waals surface area contributed by atoms with Gasteiger partial charge in [0.1, 0.15) is 11.9 Å². The monoisotopic (exact) mass is 300 g/mol. The van der Waals surface area contributed by atoms with Crippen LogP contribution >= 0.6 is 0 Å². The minimum absolute atomic E-state index is 0.0289. The molecule has 1 atom stereocenters. The number of carbonyl (C=O) groups is 1. The number of hydrogen-bond acceptors (Lipinski definition) is 4. The minimum atomic E-state index is -0.101. The maximum atomic E-state index is 11.8. The van der Waals surface area contributed by atoms with E-state index in [9.17, 15) is 4.79 Å². The van der Waals surface area contributed by atoms with E-state index in [0.29, 0.717) is 19.7 Å². The topological polar surface area (TPSA) is 64.8 Å². The number of methoxy groups -OCH3 is 1. The highest BCUT2D eigenvalue weighted by molar-refractivity contribution is 5.84. The summed E-state index contributed by atoms with van der Waals surface area (Å²) in [5, 5.41) is 2.25. The Morgan fingerprint density at radius 2 is 2.09 bits per heavy atom. The fraction of sp³-hybridized carbons (Fsp3) is 0.353. The largest absolute Gasteiger partial charge is 0.497 e. The van der Waals surface area contributed by atoms with Gasteiger partial charge >= 0.3 is 0 Å². The highest BCUT2D eigenvalue weighted by atomic mass is 16.5. The van der Waals surface area contributed by atoms with Crippen LogP contribution in [0, 0.1) is 0 Å². The van der Waals surface area contributed by atoms with Crippen molar-refractivity contribution in [2.45, 2.75) is 6.10 Å². The lowest BCUT2D eigenvalue weighted by Gasteiger charge is -2.33. The van der Waals surface area contributed by atoms with Crippen molar-refractivity contribution in [2.24, 2.45) is 5.73 Å². The van der Waals surface area contributed by atoms with Gasteiger partial charge in [0.25, 0.3) is 0 Å². The van der Waals surface area contributed by atoms with Gasteiger partial charge in [0.15, 0.2) is 0 Å². The lowest BCUT2D eigenvalue weighted by Crippen LogP contribution is -2.44. The molecule has 116 valence electrons.